The van der Waals surface area contributed by atoms with E-state index < -0.39 is 17.6 Å². The van der Waals surface area contributed by atoms with Gasteiger partial charge in [-0.15, -0.1) is 0 Å². The Bertz CT molecular complexity index is 1230. The molecule has 1 fully saturated rings. The van der Waals surface area contributed by atoms with Gasteiger partial charge in [0.05, 0.1) is 18.4 Å². The summed E-state index contributed by atoms with van der Waals surface area (Å²) in [4.78, 5) is 26.8. The van der Waals surface area contributed by atoms with Gasteiger partial charge in [0, 0.05) is 0 Å². The number of thiocarbonyl (C=S) groups is 1. The Morgan fingerprint density at radius 3 is 2.31 bits per heavy atom. The number of benzene rings is 3. The molecule has 0 aromatic heterocycles. The van der Waals surface area contributed by atoms with Crippen molar-refractivity contribution in [3.8, 4) is 17.2 Å². The van der Waals surface area contributed by atoms with Crippen LogP contribution in [0.4, 0.5) is 10.1 Å². The van der Waals surface area contributed by atoms with Gasteiger partial charge in [0.15, 0.2) is 5.11 Å². The average Bonchev–Trinajstić information content (AvgIpc) is 2.79. The first-order valence-electron chi connectivity index (χ1n) is 9.55. The van der Waals surface area contributed by atoms with Gasteiger partial charge in [-0.1, -0.05) is 24.3 Å². The van der Waals surface area contributed by atoms with Crippen molar-refractivity contribution >= 4 is 40.9 Å². The molecule has 0 bridgehead atoms. The largest absolute Gasteiger partial charge is 0.496 e. The summed E-state index contributed by atoms with van der Waals surface area (Å²) in [7, 11) is 1.38. The highest BCUT2D eigenvalue weighted by Gasteiger charge is 2.35. The molecule has 1 aliphatic rings. The molecule has 1 N–H and O–H groups in total. The number of nitrogens with zero attached hydrogens (tertiary/aromatic N) is 1. The Morgan fingerprint density at radius 1 is 0.938 bits per heavy atom. The number of hydrogen-bond donors (Lipinski definition) is 1. The summed E-state index contributed by atoms with van der Waals surface area (Å²) in [5.74, 6) is -0.599. The van der Waals surface area contributed by atoms with E-state index in [1.807, 2.05) is 30.3 Å². The summed E-state index contributed by atoms with van der Waals surface area (Å²) >= 11 is 5.21. The number of ether oxygens (including phenoxy) is 2. The van der Waals surface area contributed by atoms with Crippen molar-refractivity contribution in [2.24, 2.45) is 0 Å². The Morgan fingerprint density at radius 2 is 1.62 bits per heavy atom. The third-order valence-corrected chi connectivity index (χ3v) is 4.98. The summed E-state index contributed by atoms with van der Waals surface area (Å²) in [5.41, 5.74) is 0.145. The number of rotatable bonds is 5. The number of carbonyl (C=O) groups is 2. The standard InChI is InChI=1S/C24H17FN2O4S/c1-30-21-9-5-8-20(25)18(21)14-19-22(28)26-24(32)27(23(19)29)15-10-12-17(13-11-15)31-16-6-3-2-4-7-16/h2-14H,1H3,(H,26,28,32). The molecule has 3 aromatic rings. The molecule has 1 saturated heterocycles. The highest BCUT2D eigenvalue weighted by molar-refractivity contribution is 7.80. The zero-order valence-corrected chi connectivity index (χ0v) is 17.7. The minimum atomic E-state index is -0.717. The van der Waals surface area contributed by atoms with Gasteiger partial charge in [0.1, 0.15) is 28.6 Å². The molecule has 0 radical (unpaired) electrons. The van der Waals surface area contributed by atoms with Gasteiger partial charge in [0.25, 0.3) is 11.8 Å². The van der Waals surface area contributed by atoms with Crippen LogP contribution in [0.5, 0.6) is 17.2 Å². The lowest BCUT2D eigenvalue weighted by Crippen LogP contribution is -2.54. The van der Waals surface area contributed by atoms with E-state index >= 15 is 0 Å². The Hall–Kier alpha value is -4.04. The molecule has 0 spiro atoms. The second-order valence-electron chi connectivity index (χ2n) is 6.72. The number of halogens is 1. The highest BCUT2D eigenvalue weighted by Crippen LogP contribution is 2.29. The van der Waals surface area contributed by atoms with Gasteiger partial charge in [-0.25, -0.2) is 4.39 Å². The van der Waals surface area contributed by atoms with E-state index in [1.54, 1.807) is 24.3 Å². The third kappa shape index (κ3) is 4.21. The number of amides is 2. The predicted octanol–water partition coefficient (Wildman–Crippen LogP) is 4.46. The van der Waals surface area contributed by atoms with Crippen LogP contribution in [0.2, 0.25) is 0 Å². The molecule has 4 rings (SSSR count). The second-order valence-corrected chi connectivity index (χ2v) is 7.11. The van der Waals surface area contributed by atoms with Crippen LogP contribution in [0.3, 0.4) is 0 Å². The van der Waals surface area contributed by atoms with Crippen molar-refractivity contribution in [2.45, 2.75) is 0 Å². The molecule has 8 heteroatoms. The molecule has 160 valence electrons. The Kier molecular flexibility index (Phi) is 5.96. The molecular weight excluding hydrogens is 431 g/mol. The number of carbonyl (C=O) groups excluding carboxylic acids is 2. The highest BCUT2D eigenvalue weighted by atomic mass is 32.1. The van der Waals surface area contributed by atoms with Gasteiger partial charge in [-0.05, 0) is 66.8 Å². The molecule has 1 aliphatic heterocycles. The number of methoxy groups -OCH3 is 1. The third-order valence-electron chi connectivity index (χ3n) is 4.70. The number of nitrogens with one attached hydrogen (secondary N) is 1. The number of anilines is 1. The van der Waals surface area contributed by atoms with Crippen molar-refractivity contribution in [3.05, 3.63) is 89.8 Å². The van der Waals surface area contributed by atoms with Crippen LogP contribution in [0.1, 0.15) is 5.56 Å². The smallest absolute Gasteiger partial charge is 0.270 e. The van der Waals surface area contributed by atoms with Gasteiger partial charge in [0.2, 0.25) is 0 Å². The molecule has 32 heavy (non-hydrogen) atoms. The molecular formula is C24H17FN2O4S. The lowest BCUT2D eigenvalue weighted by molar-refractivity contribution is -0.122. The van der Waals surface area contributed by atoms with E-state index in [-0.39, 0.29) is 22.0 Å². The van der Waals surface area contributed by atoms with E-state index in [2.05, 4.69) is 5.32 Å². The van der Waals surface area contributed by atoms with Crippen molar-refractivity contribution in [2.75, 3.05) is 12.0 Å². The van der Waals surface area contributed by atoms with Gasteiger partial charge in [-0.2, -0.15) is 0 Å². The number of para-hydroxylation sites is 1. The van der Waals surface area contributed by atoms with Crippen LogP contribution in [-0.2, 0) is 9.59 Å². The van der Waals surface area contributed by atoms with Crippen molar-refractivity contribution < 1.29 is 23.5 Å². The van der Waals surface area contributed by atoms with Crippen LogP contribution < -0.4 is 19.7 Å². The van der Waals surface area contributed by atoms with E-state index in [0.717, 1.165) is 6.08 Å². The Labute approximate surface area is 188 Å². The summed E-state index contributed by atoms with van der Waals surface area (Å²) in [5, 5.41) is 2.40. The lowest BCUT2D eigenvalue weighted by Gasteiger charge is -2.29. The number of hydrogen-bond acceptors (Lipinski definition) is 5. The van der Waals surface area contributed by atoms with Gasteiger partial charge in [-0.3, -0.25) is 19.8 Å². The summed E-state index contributed by atoms with van der Waals surface area (Å²) in [6.07, 6.45) is 1.16. The van der Waals surface area contributed by atoms with E-state index in [1.165, 1.54) is 30.2 Å². The monoisotopic (exact) mass is 448 g/mol. The molecule has 3 aromatic carbocycles. The maximum Gasteiger partial charge on any atom is 0.270 e. The average molecular weight is 448 g/mol. The van der Waals surface area contributed by atoms with E-state index in [0.29, 0.717) is 17.2 Å². The molecule has 2 amide bonds. The maximum atomic E-state index is 14.3. The van der Waals surface area contributed by atoms with Crippen molar-refractivity contribution in [3.63, 3.8) is 0 Å². The molecule has 0 atom stereocenters. The van der Waals surface area contributed by atoms with Crippen LogP contribution >= 0.6 is 12.2 Å². The first-order valence-corrected chi connectivity index (χ1v) is 9.95. The first-order chi connectivity index (χ1) is 15.5. The van der Waals surface area contributed by atoms with Crippen molar-refractivity contribution in [1.29, 1.82) is 0 Å². The summed E-state index contributed by atoms with van der Waals surface area (Å²) < 4.78 is 25.3. The molecule has 0 unspecified atom stereocenters. The van der Waals surface area contributed by atoms with Crippen LogP contribution in [0, 0.1) is 5.82 Å². The van der Waals surface area contributed by atoms with Crippen LogP contribution in [0.25, 0.3) is 6.08 Å². The zero-order chi connectivity index (χ0) is 22.7. The minimum absolute atomic E-state index is 0.00659. The van der Waals surface area contributed by atoms with Crippen LogP contribution in [-0.4, -0.2) is 24.0 Å². The first kappa shape index (κ1) is 21.2. The molecule has 0 aliphatic carbocycles. The lowest BCUT2D eigenvalue weighted by atomic mass is 10.1. The quantitative estimate of drug-likeness (QED) is 0.355. The topological polar surface area (TPSA) is 67.9 Å². The zero-order valence-electron chi connectivity index (χ0n) is 16.9. The summed E-state index contributed by atoms with van der Waals surface area (Å²) in [6.45, 7) is 0. The van der Waals surface area contributed by atoms with Gasteiger partial charge < -0.3 is 9.47 Å². The normalized spacial score (nSPS) is 15.0. The van der Waals surface area contributed by atoms with E-state index in [4.69, 9.17) is 21.7 Å². The van der Waals surface area contributed by atoms with Crippen molar-refractivity contribution in [1.82, 2.24) is 5.32 Å². The van der Waals surface area contributed by atoms with Gasteiger partial charge >= 0.3 is 0 Å². The Balaban J connectivity index is 1.64. The fourth-order valence-electron chi connectivity index (χ4n) is 3.16. The SMILES string of the molecule is COc1cccc(F)c1C=C1C(=O)NC(=S)N(c2ccc(Oc3ccccc3)cc2)C1=O. The molecule has 0 saturated carbocycles. The fraction of sp³-hybridized carbons (Fsp3) is 0.0417. The second kappa shape index (κ2) is 8.99. The minimum Gasteiger partial charge on any atom is -0.496 e. The van der Waals surface area contributed by atoms with Crippen LogP contribution in [0.15, 0.2) is 78.4 Å². The summed E-state index contributed by atoms with van der Waals surface area (Å²) in [6, 6.07) is 20.1. The predicted molar refractivity (Wildman–Crippen MR) is 122 cm³/mol. The maximum absolute atomic E-state index is 14.3. The van der Waals surface area contributed by atoms with E-state index in [9.17, 15) is 14.0 Å². The molecule has 6 nitrogen and oxygen atoms in total. The molecule has 1 heterocycles. The fourth-order valence-corrected chi connectivity index (χ4v) is 3.44.